The second-order valence-electron chi connectivity index (χ2n) is 13.4. The smallest absolute Gasteiger partial charge is 0.145 e. The predicted molar refractivity (Wildman–Crippen MR) is 205 cm³/mol. The number of pyridine rings is 2. The normalized spacial score (nSPS) is 14.0. The van der Waals surface area contributed by atoms with Crippen LogP contribution in [0.25, 0.3) is 66.2 Å². The van der Waals surface area contributed by atoms with Crippen LogP contribution < -0.4 is 4.74 Å². The van der Waals surface area contributed by atoms with E-state index in [1.54, 1.807) is 0 Å². The lowest BCUT2D eigenvalue weighted by molar-refractivity contribution is 0.444. The van der Waals surface area contributed by atoms with Crippen LogP contribution in [0, 0.1) is 0 Å². The molecule has 1 saturated carbocycles. The maximum atomic E-state index is 7.08. The van der Waals surface area contributed by atoms with Gasteiger partial charge in [0.05, 0.1) is 33.5 Å². The summed E-state index contributed by atoms with van der Waals surface area (Å²) >= 11 is 7.08. The van der Waals surface area contributed by atoms with Crippen LogP contribution in [0.5, 0.6) is 11.5 Å². The monoisotopic (exact) mass is 668 g/mol. The topological polar surface area (TPSA) is 44.3 Å². The van der Waals surface area contributed by atoms with Crippen LogP contribution in [-0.2, 0) is 0 Å². The first-order valence-corrected chi connectivity index (χ1v) is 17.8. The number of para-hydroxylation sites is 2. The average molecular weight is 669 g/mol. The third-order valence-electron chi connectivity index (χ3n) is 10.5. The molecule has 242 valence electrons. The summed E-state index contributed by atoms with van der Waals surface area (Å²) < 4.78 is 11.2. The Kier molecular flexibility index (Phi) is 6.88. The molecule has 0 aliphatic heterocycles. The number of fused-ring (bicyclic) bond motifs is 9. The Bertz CT molecular complexity index is 2740. The second-order valence-corrected chi connectivity index (χ2v) is 13.8. The highest BCUT2D eigenvalue weighted by molar-refractivity contribution is 6.33. The molecule has 10 rings (SSSR count). The predicted octanol–water partition coefficient (Wildman–Crippen LogP) is 12.3. The molecule has 0 radical (unpaired) electrons. The van der Waals surface area contributed by atoms with E-state index in [2.05, 4.69) is 111 Å². The molecule has 0 spiro atoms. The SMILES string of the molecule is Clc1cccc(C2CCCCC2)c1-c1cnc2c3cc(Oc4ccc5c6ccccc6n(-c6ccccn6)c5c4)ccc3c3ccccc3n12. The molecule has 4 heterocycles. The van der Waals surface area contributed by atoms with Crippen molar-refractivity contribution in [3.63, 3.8) is 0 Å². The molecule has 1 aliphatic carbocycles. The van der Waals surface area contributed by atoms with Gasteiger partial charge in [0, 0.05) is 39.4 Å². The number of ether oxygens (including phenoxy) is 1. The molecule has 0 bridgehead atoms. The molecule has 5 nitrogen and oxygen atoms in total. The molecule has 5 aromatic carbocycles. The summed E-state index contributed by atoms with van der Waals surface area (Å²) in [7, 11) is 0. The van der Waals surface area contributed by atoms with Crippen molar-refractivity contribution in [2.45, 2.75) is 38.0 Å². The van der Waals surface area contributed by atoms with E-state index >= 15 is 0 Å². The Morgan fingerprint density at radius 2 is 1.32 bits per heavy atom. The van der Waals surface area contributed by atoms with E-state index < -0.39 is 0 Å². The van der Waals surface area contributed by atoms with Gasteiger partial charge in [0.1, 0.15) is 23.0 Å². The van der Waals surface area contributed by atoms with Crippen LogP contribution in [0.1, 0.15) is 43.6 Å². The minimum Gasteiger partial charge on any atom is -0.457 e. The van der Waals surface area contributed by atoms with Gasteiger partial charge in [0.15, 0.2) is 0 Å². The molecule has 1 fully saturated rings. The number of rotatable bonds is 5. The largest absolute Gasteiger partial charge is 0.457 e. The summed E-state index contributed by atoms with van der Waals surface area (Å²) in [5.41, 5.74) is 7.61. The highest BCUT2D eigenvalue weighted by Crippen LogP contribution is 2.44. The zero-order chi connectivity index (χ0) is 33.2. The van der Waals surface area contributed by atoms with Crippen LogP contribution in [-0.4, -0.2) is 18.9 Å². The van der Waals surface area contributed by atoms with Crippen molar-refractivity contribution in [2.75, 3.05) is 0 Å². The number of imidazole rings is 1. The fraction of sp³-hybridized carbons (Fsp3) is 0.136. The molecule has 4 aromatic heterocycles. The van der Waals surface area contributed by atoms with Gasteiger partial charge in [-0.1, -0.05) is 85.5 Å². The first-order chi connectivity index (χ1) is 24.7. The van der Waals surface area contributed by atoms with Gasteiger partial charge in [0.2, 0.25) is 0 Å². The van der Waals surface area contributed by atoms with Gasteiger partial charge in [-0.05, 0) is 90.4 Å². The number of benzene rings is 5. The third-order valence-corrected chi connectivity index (χ3v) is 10.9. The summed E-state index contributed by atoms with van der Waals surface area (Å²) in [4.78, 5) is 9.79. The van der Waals surface area contributed by atoms with E-state index in [9.17, 15) is 0 Å². The third kappa shape index (κ3) is 4.61. The lowest BCUT2D eigenvalue weighted by Gasteiger charge is -2.25. The maximum absolute atomic E-state index is 7.08. The van der Waals surface area contributed by atoms with Crippen LogP contribution >= 0.6 is 11.6 Å². The summed E-state index contributed by atoms with van der Waals surface area (Å²) in [6.45, 7) is 0. The van der Waals surface area contributed by atoms with Crippen LogP contribution in [0.2, 0.25) is 5.02 Å². The van der Waals surface area contributed by atoms with E-state index in [-0.39, 0.29) is 0 Å². The van der Waals surface area contributed by atoms with Crippen molar-refractivity contribution >= 4 is 60.7 Å². The molecule has 50 heavy (non-hydrogen) atoms. The minimum absolute atomic E-state index is 0.503. The number of hydrogen-bond acceptors (Lipinski definition) is 3. The highest BCUT2D eigenvalue weighted by atomic mass is 35.5. The molecule has 0 N–H and O–H groups in total. The fourth-order valence-corrected chi connectivity index (χ4v) is 8.59. The van der Waals surface area contributed by atoms with Crippen molar-refractivity contribution < 1.29 is 4.74 Å². The van der Waals surface area contributed by atoms with Crippen molar-refractivity contribution in [3.05, 3.63) is 144 Å². The molecule has 0 saturated heterocycles. The van der Waals surface area contributed by atoms with E-state index in [0.717, 1.165) is 77.3 Å². The van der Waals surface area contributed by atoms with Gasteiger partial charge >= 0.3 is 0 Å². The fourth-order valence-electron chi connectivity index (χ4n) is 8.31. The van der Waals surface area contributed by atoms with Crippen LogP contribution in [0.4, 0.5) is 0 Å². The van der Waals surface area contributed by atoms with E-state index in [1.165, 1.54) is 43.1 Å². The Morgan fingerprint density at radius 3 is 2.14 bits per heavy atom. The minimum atomic E-state index is 0.503. The number of nitrogens with zero attached hydrogens (tertiary/aromatic N) is 4. The van der Waals surface area contributed by atoms with Gasteiger partial charge < -0.3 is 4.74 Å². The summed E-state index contributed by atoms with van der Waals surface area (Å²) in [6, 6.07) is 42.1. The van der Waals surface area contributed by atoms with Crippen molar-refractivity contribution in [1.82, 2.24) is 18.9 Å². The first-order valence-electron chi connectivity index (χ1n) is 17.5. The maximum Gasteiger partial charge on any atom is 0.145 e. The van der Waals surface area contributed by atoms with Gasteiger partial charge in [-0.2, -0.15) is 0 Å². The Balaban J connectivity index is 1.14. The molecule has 0 atom stereocenters. The Hall–Kier alpha value is -5.65. The summed E-state index contributed by atoms with van der Waals surface area (Å²) in [5, 5.41) is 6.43. The first kappa shape index (κ1) is 29.3. The second kappa shape index (κ2) is 11.7. The highest BCUT2D eigenvalue weighted by Gasteiger charge is 2.24. The molecular weight excluding hydrogens is 636 g/mol. The van der Waals surface area contributed by atoms with E-state index in [1.807, 2.05) is 36.7 Å². The van der Waals surface area contributed by atoms with Gasteiger partial charge in [-0.25, -0.2) is 9.97 Å². The molecule has 6 heteroatoms. The molecular formula is C44H33ClN4O. The van der Waals surface area contributed by atoms with Gasteiger partial charge in [-0.15, -0.1) is 0 Å². The number of hydrogen-bond donors (Lipinski definition) is 0. The Morgan fingerprint density at radius 1 is 0.600 bits per heavy atom. The molecule has 0 amide bonds. The van der Waals surface area contributed by atoms with Crippen molar-refractivity contribution in [1.29, 1.82) is 0 Å². The van der Waals surface area contributed by atoms with Crippen molar-refractivity contribution in [3.8, 4) is 28.6 Å². The summed E-state index contributed by atoms with van der Waals surface area (Å²) in [6.07, 6.45) is 10.1. The van der Waals surface area contributed by atoms with Gasteiger partial charge in [-0.3, -0.25) is 8.97 Å². The molecule has 0 unspecified atom stereocenters. The van der Waals surface area contributed by atoms with E-state index in [0.29, 0.717) is 5.92 Å². The number of aromatic nitrogens is 4. The zero-order valence-corrected chi connectivity index (χ0v) is 28.1. The number of halogens is 1. The van der Waals surface area contributed by atoms with E-state index in [4.69, 9.17) is 21.3 Å². The van der Waals surface area contributed by atoms with Gasteiger partial charge in [0.25, 0.3) is 0 Å². The average Bonchev–Trinajstić information content (AvgIpc) is 3.75. The molecule has 9 aromatic rings. The standard InChI is InChI=1S/C44H33ClN4O/c45-37-16-10-15-31(28-11-2-1-3-12-28)43(37)41-27-47-44-36-25-29(20-22-32(36)33-13-4-7-18-39(33)49(41)44)50-30-21-23-35-34-14-5-6-17-38(34)48(40(35)26-30)42-19-8-9-24-46-42/h4-10,13-28H,1-3,11-12H2. The quantitative estimate of drug-likeness (QED) is 0.171. The lowest BCUT2D eigenvalue weighted by atomic mass is 9.81. The summed E-state index contributed by atoms with van der Waals surface area (Å²) in [5.74, 6) is 2.88. The van der Waals surface area contributed by atoms with Crippen LogP contribution in [0.3, 0.4) is 0 Å². The lowest BCUT2D eigenvalue weighted by Crippen LogP contribution is -2.07. The molecule has 1 aliphatic rings. The Labute approximate surface area is 294 Å². The van der Waals surface area contributed by atoms with Crippen LogP contribution in [0.15, 0.2) is 134 Å². The zero-order valence-electron chi connectivity index (χ0n) is 27.4. The van der Waals surface area contributed by atoms with Crippen molar-refractivity contribution in [2.24, 2.45) is 0 Å².